The van der Waals surface area contributed by atoms with Crippen molar-refractivity contribution in [2.24, 2.45) is 0 Å². The van der Waals surface area contributed by atoms with Crippen LogP contribution in [0.15, 0.2) is 12.4 Å². The van der Waals surface area contributed by atoms with Gasteiger partial charge in [-0.05, 0) is 33.6 Å². The molecule has 0 aliphatic carbocycles. The fourth-order valence-corrected chi connectivity index (χ4v) is 2.52. The first-order chi connectivity index (χ1) is 10.2. The minimum atomic E-state index is -0.924. The molecule has 1 fully saturated rings. The molecular formula is C15H23N3O4. The predicted molar refractivity (Wildman–Crippen MR) is 79.7 cm³/mol. The van der Waals surface area contributed by atoms with E-state index in [0.717, 1.165) is 0 Å². The first-order valence-corrected chi connectivity index (χ1v) is 7.39. The van der Waals surface area contributed by atoms with Gasteiger partial charge in [0, 0.05) is 19.4 Å². The van der Waals surface area contributed by atoms with E-state index in [9.17, 15) is 9.59 Å². The van der Waals surface area contributed by atoms with Gasteiger partial charge in [-0.3, -0.25) is 14.3 Å². The highest BCUT2D eigenvalue weighted by Gasteiger charge is 2.37. The fraction of sp³-hybridized carbons (Fsp3) is 0.667. The van der Waals surface area contributed by atoms with Crippen LogP contribution in [0.4, 0.5) is 0 Å². The summed E-state index contributed by atoms with van der Waals surface area (Å²) < 4.78 is 7.00. The number of nitrogens with zero attached hydrogens (tertiary/aromatic N) is 2. The van der Waals surface area contributed by atoms with Crippen molar-refractivity contribution >= 4 is 11.9 Å². The molecule has 0 aromatic carbocycles. The van der Waals surface area contributed by atoms with Crippen LogP contribution in [0.1, 0.15) is 50.4 Å². The Kier molecular flexibility index (Phi) is 4.55. The minimum Gasteiger partial charge on any atom is -0.481 e. The maximum Gasteiger partial charge on any atom is 0.305 e. The van der Waals surface area contributed by atoms with Crippen LogP contribution in [0.5, 0.6) is 0 Å². The number of nitrogens with one attached hydrogen (secondary N) is 1. The summed E-state index contributed by atoms with van der Waals surface area (Å²) >= 11 is 0. The standard InChI is InChI=1S/C15H23N3O4/c1-14(2,3)18-10-11(9-16-18)13(21)17-15(8-12(19)20)4-6-22-7-5-15/h9-10H,4-8H2,1-3H3,(H,17,21)(H,19,20). The highest BCUT2D eigenvalue weighted by atomic mass is 16.5. The molecule has 122 valence electrons. The van der Waals surface area contributed by atoms with Crippen LogP contribution in [0, 0.1) is 0 Å². The Balaban J connectivity index is 2.14. The summed E-state index contributed by atoms with van der Waals surface area (Å²) in [5, 5.41) is 16.2. The average Bonchev–Trinajstić information content (AvgIpc) is 2.88. The van der Waals surface area contributed by atoms with Crippen molar-refractivity contribution in [1.82, 2.24) is 15.1 Å². The first kappa shape index (κ1) is 16.5. The molecule has 1 aromatic rings. The summed E-state index contributed by atoms with van der Waals surface area (Å²) in [5.74, 6) is -1.22. The first-order valence-electron chi connectivity index (χ1n) is 7.39. The minimum absolute atomic E-state index is 0.102. The molecule has 0 saturated carbocycles. The van der Waals surface area contributed by atoms with Crippen molar-refractivity contribution in [3.63, 3.8) is 0 Å². The van der Waals surface area contributed by atoms with Crippen molar-refractivity contribution in [3.8, 4) is 0 Å². The van der Waals surface area contributed by atoms with Gasteiger partial charge in [-0.15, -0.1) is 0 Å². The number of ether oxygens (including phenoxy) is 1. The second-order valence-corrected chi connectivity index (χ2v) is 6.76. The van der Waals surface area contributed by atoms with Crippen LogP contribution >= 0.6 is 0 Å². The second kappa shape index (κ2) is 6.08. The molecule has 22 heavy (non-hydrogen) atoms. The molecule has 7 heteroatoms. The third kappa shape index (κ3) is 3.85. The van der Waals surface area contributed by atoms with Gasteiger partial charge in [0.15, 0.2) is 0 Å². The maximum absolute atomic E-state index is 12.4. The molecule has 0 bridgehead atoms. The average molecular weight is 309 g/mol. The molecule has 2 N–H and O–H groups in total. The van der Waals surface area contributed by atoms with Crippen LogP contribution in [0.3, 0.4) is 0 Å². The zero-order chi connectivity index (χ0) is 16.4. The molecule has 1 saturated heterocycles. The number of carboxylic acid groups (broad SMARTS) is 1. The Labute approximate surface area is 129 Å². The van der Waals surface area contributed by atoms with Crippen LogP contribution in [0.25, 0.3) is 0 Å². The zero-order valence-electron chi connectivity index (χ0n) is 13.3. The molecule has 1 aliphatic rings. The normalized spacial score (nSPS) is 18.0. The molecule has 1 aromatic heterocycles. The van der Waals surface area contributed by atoms with Gasteiger partial charge in [-0.2, -0.15) is 5.10 Å². The molecule has 0 spiro atoms. The van der Waals surface area contributed by atoms with Gasteiger partial charge in [0.2, 0.25) is 0 Å². The summed E-state index contributed by atoms with van der Waals surface area (Å²) in [4.78, 5) is 23.6. The third-order valence-corrected chi connectivity index (χ3v) is 3.85. The molecular weight excluding hydrogens is 286 g/mol. The lowest BCUT2D eigenvalue weighted by Gasteiger charge is -2.36. The van der Waals surface area contributed by atoms with E-state index >= 15 is 0 Å². The maximum atomic E-state index is 12.4. The number of aromatic nitrogens is 2. The molecule has 1 amide bonds. The summed E-state index contributed by atoms with van der Waals surface area (Å²) in [7, 11) is 0. The highest BCUT2D eigenvalue weighted by Crippen LogP contribution is 2.25. The lowest BCUT2D eigenvalue weighted by molar-refractivity contribution is -0.139. The highest BCUT2D eigenvalue weighted by molar-refractivity contribution is 5.94. The number of aliphatic carboxylic acids is 1. The van der Waals surface area contributed by atoms with Crippen LogP contribution in [-0.2, 0) is 15.1 Å². The smallest absolute Gasteiger partial charge is 0.305 e. The lowest BCUT2D eigenvalue weighted by atomic mass is 9.86. The number of carbonyl (C=O) groups excluding carboxylic acids is 1. The Hall–Kier alpha value is -1.89. The Bertz CT molecular complexity index is 553. The van der Waals surface area contributed by atoms with Gasteiger partial charge in [0.1, 0.15) is 0 Å². The molecule has 2 heterocycles. The van der Waals surface area contributed by atoms with E-state index in [-0.39, 0.29) is 17.9 Å². The number of carbonyl (C=O) groups is 2. The predicted octanol–water partition coefficient (Wildman–Crippen LogP) is 1.39. The van der Waals surface area contributed by atoms with Crippen LogP contribution in [-0.4, -0.2) is 45.5 Å². The summed E-state index contributed by atoms with van der Waals surface area (Å²) in [5.41, 5.74) is -0.521. The second-order valence-electron chi connectivity index (χ2n) is 6.76. The quantitative estimate of drug-likeness (QED) is 0.876. The van der Waals surface area contributed by atoms with Gasteiger partial charge in [-0.25, -0.2) is 0 Å². The number of hydrogen-bond acceptors (Lipinski definition) is 4. The monoisotopic (exact) mass is 309 g/mol. The van der Waals surface area contributed by atoms with Crippen molar-refractivity contribution in [3.05, 3.63) is 18.0 Å². The van der Waals surface area contributed by atoms with Crippen molar-refractivity contribution < 1.29 is 19.4 Å². The largest absolute Gasteiger partial charge is 0.481 e. The Morgan fingerprint density at radius 3 is 2.55 bits per heavy atom. The number of amides is 1. The summed E-state index contributed by atoms with van der Waals surface area (Å²) in [6.45, 7) is 6.88. The zero-order valence-corrected chi connectivity index (χ0v) is 13.3. The fourth-order valence-electron chi connectivity index (χ4n) is 2.52. The molecule has 0 radical (unpaired) electrons. The summed E-state index contributed by atoms with van der Waals surface area (Å²) in [6, 6.07) is 0. The third-order valence-electron chi connectivity index (χ3n) is 3.85. The molecule has 2 rings (SSSR count). The molecule has 1 aliphatic heterocycles. The topological polar surface area (TPSA) is 93.5 Å². The van der Waals surface area contributed by atoms with E-state index in [1.807, 2.05) is 20.8 Å². The van der Waals surface area contributed by atoms with E-state index in [2.05, 4.69) is 10.4 Å². The van der Waals surface area contributed by atoms with E-state index < -0.39 is 11.5 Å². The number of carboxylic acids is 1. The van der Waals surface area contributed by atoms with Crippen molar-refractivity contribution in [2.75, 3.05) is 13.2 Å². The lowest BCUT2D eigenvalue weighted by Crippen LogP contribution is -2.53. The molecule has 0 unspecified atom stereocenters. The van der Waals surface area contributed by atoms with Gasteiger partial charge in [0.05, 0.1) is 29.3 Å². The van der Waals surface area contributed by atoms with Gasteiger partial charge in [0.25, 0.3) is 5.91 Å². The number of hydrogen-bond donors (Lipinski definition) is 2. The van der Waals surface area contributed by atoms with Gasteiger partial charge < -0.3 is 15.2 Å². The molecule has 0 atom stereocenters. The Morgan fingerprint density at radius 1 is 1.41 bits per heavy atom. The molecule has 7 nitrogen and oxygen atoms in total. The van der Waals surface area contributed by atoms with Gasteiger partial charge in [-0.1, -0.05) is 0 Å². The van der Waals surface area contributed by atoms with E-state index in [0.29, 0.717) is 31.6 Å². The number of rotatable bonds is 4. The van der Waals surface area contributed by atoms with E-state index in [1.165, 1.54) is 6.20 Å². The van der Waals surface area contributed by atoms with E-state index in [4.69, 9.17) is 9.84 Å². The Morgan fingerprint density at radius 2 is 2.05 bits per heavy atom. The summed E-state index contributed by atoms with van der Waals surface area (Å²) in [6.07, 6.45) is 4.09. The van der Waals surface area contributed by atoms with Crippen molar-refractivity contribution in [1.29, 1.82) is 0 Å². The van der Waals surface area contributed by atoms with Crippen LogP contribution in [0.2, 0.25) is 0 Å². The van der Waals surface area contributed by atoms with E-state index in [1.54, 1.807) is 10.9 Å². The van der Waals surface area contributed by atoms with Gasteiger partial charge >= 0.3 is 5.97 Å². The SMILES string of the molecule is CC(C)(C)n1cc(C(=O)NC2(CC(=O)O)CCOCC2)cn1. The van der Waals surface area contributed by atoms with Crippen LogP contribution < -0.4 is 5.32 Å². The van der Waals surface area contributed by atoms with Crippen molar-refractivity contribution in [2.45, 2.75) is 51.1 Å².